The monoisotopic (exact) mass is 291 g/mol. The molecule has 0 spiro atoms. The van der Waals surface area contributed by atoms with Gasteiger partial charge in [0.25, 0.3) is 0 Å². The standard InChI is InChI=1S/C16H15F2NO2/c1-3-10-6-4-5-9(2)14(10)19-15-12(17)7-11(16(20)21)8-13(15)18/h4-8,19H,3H2,1-2H3,(H,20,21). The van der Waals surface area contributed by atoms with Crippen LogP contribution >= 0.6 is 0 Å². The van der Waals surface area contributed by atoms with Crippen LogP contribution in [0.5, 0.6) is 0 Å². The first-order valence-corrected chi connectivity index (χ1v) is 6.52. The smallest absolute Gasteiger partial charge is 0.335 e. The molecule has 0 aromatic heterocycles. The Balaban J connectivity index is 2.48. The molecule has 3 nitrogen and oxygen atoms in total. The van der Waals surface area contributed by atoms with E-state index in [1.54, 1.807) is 0 Å². The zero-order valence-corrected chi connectivity index (χ0v) is 11.7. The molecule has 0 unspecified atom stereocenters. The van der Waals surface area contributed by atoms with Crippen LogP contribution in [-0.2, 0) is 6.42 Å². The average molecular weight is 291 g/mol. The Morgan fingerprint density at radius 1 is 1.19 bits per heavy atom. The first-order valence-electron chi connectivity index (χ1n) is 6.52. The maximum atomic E-state index is 14.0. The van der Waals surface area contributed by atoms with Gasteiger partial charge in [-0.3, -0.25) is 0 Å². The fourth-order valence-electron chi connectivity index (χ4n) is 2.14. The molecule has 0 saturated carbocycles. The van der Waals surface area contributed by atoms with Gasteiger partial charge in [0, 0.05) is 5.69 Å². The summed E-state index contributed by atoms with van der Waals surface area (Å²) in [5, 5.41) is 11.5. The van der Waals surface area contributed by atoms with Gasteiger partial charge in [-0.15, -0.1) is 0 Å². The minimum Gasteiger partial charge on any atom is -0.478 e. The lowest BCUT2D eigenvalue weighted by molar-refractivity contribution is 0.0696. The minimum atomic E-state index is -1.37. The Labute approximate surface area is 121 Å². The number of hydrogen-bond acceptors (Lipinski definition) is 2. The fraction of sp³-hybridized carbons (Fsp3) is 0.188. The Bertz CT molecular complexity index is 676. The molecule has 0 heterocycles. The molecule has 0 atom stereocenters. The lowest BCUT2D eigenvalue weighted by Crippen LogP contribution is -2.05. The highest BCUT2D eigenvalue weighted by molar-refractivity contribution is 5.88. The van der Waals surface area contributed by atoms with Crippen molar-refractivity contribution >= 4 is 17.3 Å². The molecule has 0 fully saturated rings. The number of carboxylic acid groups (broad SMARTS) is 1. The summed E-state index contributed by atoms with van der Waals surface area (Å²) >= 11 is 0. The third-order valence-corrected chi connectivity index (χ3v) is 3.28. The van der Waals surface area contributed by atoms with E-state index >= 15 is 0 Å². The highest BCUT2D eigenvalue weighted by atomic mass is 19.1. The van der Waals surface area contributed by atoms with Crippen molar-refractivity contribution in [2.45, 2.75) is 20.3 Å². The normalized spacial score (nSPS) is 10.5. The highest BCUT2D eigenvalue weighted by Crippen LogP contribution is 2.29. The largest absolute Gasteiger partial charge is 0.478 e. The van der Waals surface area contributed by atoms with E-state index in [9.17, 15) is 13.6 Å². The van der Waals surface area contributed by atoms with Crippen LogP contribution < -0.4 is 5.32 Å². The van der Waals surface area contributed by atoms with E-state index < -0.39 is 23.2 Å². The Morgan fingerprint density at radius 3 is 2.33 bits per heavy atom. The van der Waals surface area contributed by atoms with Crippen molar-refractivity contribution in [2.24, 2.45) is 0 Å². The maximum absolute atomic E-state index is 14.0. The third-order valence-electron chi connectivity index (χ3n) is 3.28. The topological polar surface area (TPSA) is 49.3 Å². The number of aromatic carboxylic acids is 1. The molecular weight excluding hydrogens is 276 g/mol. The van der Waals surface area contributed by atoms with E-state index in [0.717, 1.165) is 23.3 Å². The molecule has 2 rings (SSSR count). The predicted molar refractivity (Wildman–Crippen MR) is 77.2 cm³/mol. The lowest BCUT2D eigenvalue weighted by Gasteiger charge is -2.15. The van der Waals surface area contributed by atoms with Gasteiger partial charge in [-0.25, -0.2) is 13.6 Å². The molecule has 5 heteroatoms. The molecule has 2 N–H and O–H groups in total. The fourth-order valence-corrected chi connectivity index (χ4v) is 2.14. The molecule has 2 aromatic carbocycles. The van der Waals surface area contributed by atoms with Gasteiger partial charge < -0.3 is 10.4 Å². The van der Waals surface area contributed by atoms with Gasteiger partial charge in [-0.1, -0.05) is 25.1 Å². The van der Waals surface area contributed by atoms with Crippen LogP contribution in [-0.4, -0.2) is 11.1 Å². The van der Waals surface area contributed by atoms with Crippen LogP contribution in [0.2, 0.25) is 0 Å². The molecule has 0 radical (unpaired) electrons. The summed E-state index contributed by atoms with van der Waals surface area (Å²) in [5.74, 6) is -3.24. The van der Waals surface area contributed by atoms with E-state index in [4.69, 9.17) is 5.11 Å². The molecule has 0 aliphatic heterocycles. The van der Waals surface area contributed by atoms with Crippen LogP contribution in [0.1, 0.15) is 28.4 Å². The molecule has 0 aliphatic rings. The van der Waals surface area contributed by atoms with Crippen molar-refractivity contribution in [2.75, 3.05) is 5.32 Å². The van der Waals surface area contributed by atoms with Crippen LogP contribution in [0.3, 0.4) is 0 Å². The second kappa shape index (κ2) is 5.91. The quantitative estimate of drug-likeness (QED) is 0.884. The summed E-state index contributed by atoms with van der Waals surface area (Å²) in [7, 11) is 0. The van der Waals surface area contributed by atoms with E-state index in [-0.39, 0.29) is 5.69 Å². The Morgan fingerprint density at radius 2 is 1.81 bits per heavy atom. The summed E-state index contributed by atoms with van der Waals surface area (Å²) in [5.41, 5.74) is 1.66. The molecule has 21 heavy (non-hydrogen) atoms. The number of carbonyl (C=O) groups is 1. The summed E-state index contributed by atoms with van der Waals surface area (Å²) in [6.07, 6.45) is 0.709. The van der Waals surface area contributed by atoms with Crippen LogP contribution in [0.25, 0.3) is 0 Å². The van der Waals surface area contributed by atoms with Crippen LogP contribution in [0.4, 0.5) is 20.2 Å². The minimum absolute atomic E-state index is 0.344. The first kappa shape index (κ1) is 15.0. The summed E-state index contributed by atoms with van der Waals surface area (Å²) in [4.78, 5) is 10.8. The van der Waals surface area contributed by atoms with Gasteiger partial charge in [-0.2, -0.15) is 0 Å². The zero-order valence-electron chi connectivity index (χ0n) is 11.7. The summed E-state index contributed by atoms with van der Waals surface area (Å²) < 4.78 is 27.9. The van der Waals surface area contributed by atoms with Crippen molar-refractivity contribution in [3.63, 3.8) is 0 Å². The van der Waals surface area contributed by atoms with Gasteiger partial charge in [0.05, 0.1) is 5.56 Å². The van der Waals surface area contributed by atoms with Gasteiger partial charge in [0.15, 0.2) is 11.6 Å². The molecule has 0 aliphatic carbocycles. The van der Waals surface area contributed by atoms with Crippen molar-refractivity contribution in [3.8, 4) is 0 Å². The third kappa shape index (κ3) is 3.02. The number of nitrogens with one attached hydrogen (secondary N) is 1. The number of benzene rings is 2. The number of aryl methyl sites for hydroxylation is 2. The molecular formula is C16H15F2NO2. The van der Waals surface area contributed by atoms with E-state index in [0.29, 0.717) is 12.1 Å². The SMILES string of the molecule is CCc1cccc(C)c1Nc1c(F)cc(C(=O)O)cc1F. The van der Waals surface area contributed by atoms with Gasteiger partial charge in [-0.05, 0) is 36.6 Å². The number of halogens is 2. The van der Waals surface area contributed by atoms with E-state index in [2.05, 4.69) is 5.32 Å². The maximum Gasteiger partial charge on any atom is 0.335 e. The second-order valence-electron chi connectivity index (χ2n) is 4.71. The zero-order chi connectivity index (χ0) is 15.6. The summed E-state index contributed by atoms with van der Waals surface area (Å²) in [6, 6.07) is 7.19. The van der Waals surface area contributed by atoms with Crippen LogP contribution in [0, 0.1) is 18.6 Å². The molecule has 0 bridgehead atoms. The molecule has 2 aromatic rings. The van der Waals surface area contributed by atoms with E-state index in [1.807, 2.05) is 32.0 Å². The summed E-state index contributed by atoms with van der Waals surface area (Å²) in [6.45, 7) is 3.78. The lowest BCUT2D eigenvalue weighted by atomic mass is 10.1. The number of rotatable bonds is 4. The molecule has 0 amide bonds. The Kier molecular flexibility index (Phi) is 4.21. The second-order valence-corrected chi connectivity index (χ2v) is 4.71. The molecule has 0 saturated heterocycles. The highest BCUT2D eigenvalue weighted by Gasteiger charge is 2.16. The van der Waals surface area contributed by atoms with Gasteiger partial charge in [0.2, 0.25) is 0 Å². The van der Waals surface area contributed by atoms with Gasteiger partial charge >= 0.3 is 5.97 Å². The van der Waals surface area contributed by atoms with Gasteiger partial charge in [0.1, 0.15) is 5.69 Å². The van der Waals surface area contributed by atoms with Crippen LogP contribution in [0.15, 0.2) is 30.3 Å². The predicted octanol–water partition coefficient (Wildman–Crippen LogP) is 4.28. The van der Waals surface area contributed by atoms with Crippen molar-refractivity contribution in [3.05, 3.63) is 58.7 Å². The van der Waals surface area contributed by atoms with E-state index in [1.165, 1.54) is 0 Å². The number of carboxylic acids is 1. The first-order chi connectivity index (χ1) is 9.93. The van der Waals surface area contributed by atoms with Crippen molar-refractivity contribution in [1.29, 1.82) is 0 Å². The van der Waals surface area contributed by atoms with Crippen molar-refractivity contribution in [1.82, 2.24) is 0 Å². The Hall–Kier alpha value is -2.43. The number of para-hydroxylation sites is 1. The average Bonchev–Trinajstić information content (AvgIpc) is 2.43. The number of anilines is 2. The number of hydrogen-bond donors (Lipinski definition) is 2. The van der Waals surface area contributed by atoms with Crippen molar-refractivity contribution < 1.29 is 18.7 Å². The molecule has 110 valence electrons.